The molecule has 4 rings (SSSR count). The predicted molar refractivity (Wildman–Crippen MR) is 96.7 cm³/mol. The maximum absolute atomic E-state index is 13.2. The molecule has 0 fully saturated rings. The Labute approximate surface area is 153 Å². The molecule has 1 unspecified atom stereocenters. The third kappa shape index (κ3) is 2.61. The van der Waals surface area contributed by atoms with Gasteiger partial charge in [0, 0.05) is 13.0 Å². The molecule has 26 heavy (non-hydrogen) atoms. The number of cyclic esters (lactones) is 1. The van der Waals surface area contributed by atoms with Crippen LogP contribution in [0.3, 0.4) is 0 Å². The quantitative estimate of drug-likeness (QED) is 0.779. The van der Waals surface area contributed by atoms with E-state index in [1.807, 2.05) is 38.1 Å². The Kier molecular flexibility index (Phi) is 3.88. The number of hydrogen-bond acceptors (Lipinski definition) is 4. The summed E-state index contributed by atoms with van der Waals surface area (Å²) in [5, 5.41) is 0. The van der Waals surface area contributed by atoms with Crippen LogP contribution in [0.2, 0.25) is 0 Å². The molecule has 0 aromatic heterocycles. The molecule has 0 bridgehead atoms. The second kappa shape index (κ2) is 5.99. The second-order valence-corrected chi connectivity index (χ2v) is 8.56. The standard InChI is InChI=1S/C20H19NO4S/c1-13-3-7-15(8-4-13)19-18-17(20(22)25-19)11-12-21(18)26(23,24)16-9-5-14(2)6-10-16/h3-10,19H,11-12H2,1-2H3. The molecule has 0 radical (unpaired) electrons. The summed E-state index contributed by atoms with van der Waals surface area (Å²) in [6.45, 7) is 4.14. The van der Waals surface area contributed by atoms with Crippen molar-refractivity contribution >= 4 is 16.0 Å². The summed E-state index contributed by atoms with van der Waals surface area (Å²) >= 11 is 0. The molecule has 2 aliphatic heterocycles. The molecule has 2 heterocycles. The van der Waals surface area contributed by atoms with E-state index in [1.165, 1.54) is 4.31 Å². The average Bonchev–Trinajstić information content (AvgIpc) is 3.18. The SMILES string of the molecule is Cc1ccc(C2OC(=O)C3=C2N(S(=O)(=O)c2ccc(C)cc2)CC3)cc1. The Balaban J connectivity index is 1.76. The highest BCUT2D eigenvalue weighted by atomic mass is 32.2. The molecule has 2 aliphatic rings. The minimum Gasteiger partial charge on any atom is -0.448 e. The first-order valence-corrected chi connectivity index (χ1v) is 9.92. The van der Waals surface area contributed by atoms with Gasteiger partial charge in [-0.3, -0.25) is 4.31 Å². The van der Waals surface area contributed by atoms with Crippen LogP contribution in [-0.2, 0) is 19.6 Å². The van der Waals surface area contributed by atoms with Gasteiger partial charge in [0.15, 0.2) is 6.10 Å². The summed E-state index contributed by atoms with van der Waals surface area (Å²) in [6, 6.07) is 14.3. The summed E-state index contributed by atoms with van der Waals surface area (Å²) in [7, 11) is -3.74. The monoisotopic (exact) mass is 369 g/mol. The van der Waals surface area contributed by atoms with Gasteiger partial charge in [-0.1, -0.05) is 47.5 Å². The van der Waals surface area contributed by atoms with Crippen LogP contribution >= 0.6 is 0 Å². The molecule has 2 aromatic rings. The summed E-state index contributed by atoms with van der Waals surface area (Å²) < 4.78 is 33.2. The van der Waals surface area contributed by atoms with Crippen LogP contribution in [0.5, 0.6) is 0 Å². The molecule has 0 saturated carbocycles. The maximum Gasteiger partial charge on any atom is 0.337 e. The Bertz CT molecular complexity index is 1000. The van der Waals surface area contributed by atoms with Crippen molar-refractivity contribution in [3.05, 3.63) is 76.5 Å². The lowest BCUT2D eigenvalue weighted by Crippen LogP contribution is -2.30. The Hall–Kier alpha value is -2.60. The molecule has 0 N–H and O–H groups in total. The van der Waals surface area contributed by atoms with Gasteiger partial charge in [0.2, 0.25) is 0 Å². The number of sulfonamides is 1. The Morgan fingerprint density at radius 1 is 0.962 bits per heavy atom. The van der Waals surface area contributed by atoms with Gasteiger partial charge in [0.05, 0.1) is 16.2 Å². The lowest BCUT2D eigenvalue weighted by Gasteiger charge is -2.25. The van der Waals surface area contributed by atoms with Gasteiger partial charge in [-0.15, -0.1) is 0 Å². The number of carbonyl (C=O) groups is 1. The fraction of sp³-hybridized carbons (Fsp3) is 0.250. The largest absolute Gasteiger partial charge is 0.448 e. The first-order chi connectivity index (χ1) is 12.4. The van der Waals surface area contributed by atoms with Gasteiger partial charge in [0.25, 0.3) is 10.0 Å². The topological polar surface area (TPSA) is 63.7 Å². The minimum absolute atomic E-state index is 0.221. The zero-order valence-corrected chi connectivity index (χ0v) is 15.4. The number of rotatable bonds is 3. The third-order valence-electron chi connectivity index (χ3n) is 4.85. The van der Waals surface area contributed by atoms with Crippen molar-refractivity contribution in [2.45, 2.75) is 31.3 Å². The molecule has 0 spiro atoms. The fourth-order valence-electron chi connectivity index (χ4n) is 3.40. The van der Waals surface area contributed by atoms with Gasteiger partial charge in [0.1, 0.15) is 0 Å². The van der Waals surface area contributed by atoms with Crippen LogP contribution in [0.25, 0.3) is 0 Å². The van der Waals surface area contributed by atoms with Crippen LogP contribution in [0.15, 0.2) is 64.7 Å². The van der Waals surface area contributed by atoms with Crippen molar-refractivity contribution in [2.24, 2.45) is 0 Å². The zero-order chi connectivity index (χ0) is 18.5. The summed E-state index contributed by atoms with van der Waals surface area (Å²) in [6.07, 6.45) is -0.303. The van der Waals surface area contributed by atoms with E-state index in [-0.39, 0.29) is 11.4 Å². The van der Waals surface area contributed by atoms with Gasteiger partial charge >= 0.3 is 5.97 Å². The van der Waals surface area contributed by atoms with Gasteiger partial charge in [-0.2, -0.15) is 0 Å². The van der Waals surface area contributed by atoms with Crippen LogP contribution in [0.4, 0.5) is 0 Å². The van der Waals surface area contributed by atoms with E-state index in [2.05, 4.69) is 0 Å². The van der Waals surface area contributed by atoms with E-state index < -0.39 is 22.1 Å². The van der Waals surface area contributed by atoms with E-state index in [9.17, 15) is 13.2 Å². The molecule has 5 nitrogen and oxygen atoms in total. The van der Waals surface area contributed by atoms with Crippen molar-refractivity contribution in [1.29, 1.82) is 0 Å². The average molecular weight is 369 g/mol. The number of benzene rings is 2. The summed E-state index contributed by atoms with van der Waals surface area (Å²) in [4.78, 5) is 12.5. The van der Waals surface area contributed by atoms with Crippen molar-refractivity contribution in [1.82, 2.24) is 4.31 Å². The van der Waals surface area contributed by atoms with E-state index in [0.29, 0.717) is 17.7 Å². The van der Waals surface area contributed by atoms with Crippen LogP contribution in [0.1, 0.15) is 29.2 Å². The van der Waals surface area contributed by atoms with Gasteiger partial charge in [-0.05, 0) is 31.5 Å². The fourth-order valence-corrected chi connectivity index (χ4v) is 4.93. The molecular formula is C20H19NO4S. The zero-order valence-electron chi connectivity index (χ0n) is 14.6. The first-order valence-electron chi connectivity index (χ1n) is 8.48. The van der Waals surface area contributed by atoms with Gasteiger partial charge < -0.3 is 4.74 Å². The summed E-state index contributed by atoms with van der Waals surface area (Å²) in [5.41, 5.74) is 3.77. The van der Waals surface area contributed by atoms with Crippen molar-refractivity contribution in [3.8, 4) is 0 Å². The number of ether oxygens (including phenoxy) is 1. The molecular weight excluding hydrogens is 350 g/mol. The highest BCUT2D eigenvalue weighted by molar-refractivity contribution is 7.89. The molecule has 1 atom stereocenters. The number of aryl methyl sites for hydroxylation is 2. The molecule has 134 valence electrons. The van der Waals surface area contributed by atoms with Crippen molar-refractivity contribution in [2.75, 3.05) is 6.54 Å². The first kappa shape index (κ1) is 16.8. The minimum atomic E-state index is -3.74. The number of esters is 1. The molecule has 2 aromatic carbocycles. The molecule has 0 amide bonds. The number of hydrogen-bond donors (Lipinski definition) is 0. The van der Waals surface area contributed by atoms with Crippen LogP contribution in [0, 0.1) is 13.8 Å². The highest BCUT2D eigenvalue weighted by Gasteiger charge is 2.46. The Morgan fingerprint density at radius 2 is 1.54 bits per heavy atom. The lowest BCUT2D eigenvalue weighted by molar-refractivity contribution is -0.140. The highest BCUT2D eigenvalue weighted by Crippen LogP contribution is 2.44. The van der Waals surface area contributed by atoms with Crippen molar-refractivity contribution in [3.63, 3.8) is 0 Å². The van der Waals surface area contributed by atoms with E-state index in [0.717, 1.165) is 16.7 Å². The number of carbonyl (C=O) groups excluding carboxylic acids is 1. The normalized spacial score (nSPS) is 19.7. The predicted octanol–water partition coefficient (Wildman–Crippen LogP) is 3.25. The maximum atomic E-state index is 13.2. The van der Waals surface area contributed by atoms with Gasteiger partial charge in [-0.25, -0.2) is 13.2 Å². The van der Waals surface area contributed by atoms with E-state index >= 15 is 0 Å². The molecule has 6 heteroatoms. The van der Waals surface area contributed by atoms with Crippen LogP contribution in [-0.4, -0.2) is 25.2 Å². The molecule has 0 saturated heterocycles. The molecule has 0 aliphatic carbocycles. The van der Waals surface area contributed by atoms with E-state index in [1.54, 1.807) is 24.3 Å². The van der Waals surface area contributed by atoms with Crippen molar-refractivity contribution < 1.29 is 17.9 Å². The second-order valence-electron chi connectivity index (χ2n) is 6.70. The summed E-state index contributed by atoms with van der Waals surface area (Å²) in [5.74, 6) is -0.424. The van der Waals surface area contributed by atoms with Crippen LogP contribution < -0.4 is 0 Å². The smallest absolute Gasteiger partial charge is 0.337 e. The number of nitrogens with zero attached hydrogens (tertiary/aromatic N) is 1. The lowest BCUT2D eigenvalue weighted by atomic mass is 10.0. The Morgan fingerprint density at radius 3 is 2.15 bits per heavy atom. The third-order valence-corrected chi connectivity index (χ3v) is 6.68. The van der Waals surface area contributed by atoms with E-state index in [4.69, 9.17) is 4.74 Å².